The zero-order chi connectivity index (χ0) is 13.8. The molecule has 20 heavy (non-hydrogen) atoms. The Morgan fingerprint density at radius 1 is 1.35 bits per heavy atom. The molecule has 0 radical (unpaired) electrons. The molecule has 0 spiro atoms. The smallest absolute Gasteiger partial charge is 0.0969 e. The molecule has 0 aliphatic carbocycles. The maximum absolute atomic E-state index is 5.54. The molecule has 1 N–H and O–H groups in total. The number of nitrogens with zero attached hydrogens (tertiary/aromatic N) is 3. The van der Waals surface area contributed by atoms with Gasteiger partial charge in [0.25, 0.3) is 0 Å². The van der Waals surface area contributed by atoms with Crippen molar-refractivity contribution in [2.24, 2.45) is 0 Å². The molecule has 0 saturated carbocycles. The first-order chi connectivity index (χ1) is 9.75. The molecule has 0 bridgehead atoms. The maximum atomic E-state index is 5.54. The molecule has 1 aromatic heterocycles. The van der Waals surface area contributed by atoms with E-state index in [4.69, 9.17) is 4.74 Å². The fraction of sp³-hybridized carbons (Fsp3) is 0.467. The van der Waals surface area contributed by atoms with Gasteiger partial charge in [-0.1, -0.05) is 18.2 Å². The minimum atomic E-state index is 0.0504. The lowest BCUT2D eigenvalue weighted by Crippen LogP contribution is -2.48. The first-order valence-corrected chi connectivity index (χ1v) is 7.05. The summed E-state index contributed by atoms with van der Waals surface area (Å²) in [5, 5.41) is 12.3. The molecule has 1 fully saturated rings. The predicted octanol–water partition coefficient (Wildman–Crippen LogP) is 1.93. The normalized spacial score (nSPS) is 22.9. The molecule has 5 heteroatoms. The monoisotopic (exact) mass is 272 g/mol. The second-order valence-corrected chi connectivity index (χ2v) is 5.53. The summed E-state index contributed by atoms with van der Waals surface area (Å²) in [6.45, 7) is 4.56. The maximum Gasteiger partial charge on any atom is 0.0969 e. The van der Waals surface area contributed by atoms with E-state index in [1.165, 1.54) is 0 Å². The van der Waals surface area contributed by atoms with Crippen LogP contribution in [0.5, 0.6) is 0 Å². The first kappa shape index (κ1) is 13.3. The molecule has 2 aromatic rings. The Kier molecular flexibility index (Phi) is 3.80. The third kappa shape index (κ3) is 3.05. The van der Waals surface area contributed by atoms with Crippen LogP contribution in [0.4, 0.5) is 0 Å². The number of para-hydroxylation sites is 1. The Bertz CT molecular complexity index is 546. The molecule has 106 valence electrons. The Hall–Kier alpha value is -1.72. The highest BCUT2D eigenvalue weighted by Crippen LogP contribution is 2.18. The van der Waals surface area contributed by atoms with Crippen LogP contribution in [0.3, 0.4) is 0 Å². The zero-order valence-electron chi connectivity index (χ0n) is 11.7. The topological polar surface area (TPSA) is 52.0 Å². The van der Waals surface area contributed by atoms with Crippen LogP contribution in [-0.4, -0.2) is 33.7 Å². The first-order valence-electron chi connectivity index (χ1n) is 7.05. The molecule has 2 heterocycles. The summed E-state index contributed by atoms with van der Waals surface area (Å²) >= 11 is 0. The van der Waals surface area contributed by atoms with Gasteiger partial charge in [-0.3, -0.25) is 0 Å². The number of hydrogen-bond donors (Lipinski definition) is 1. The fourth-order valence-electron chi connectivity index (χ4n) is 2.44. The third-order valence-corrected chi connectivity index (χ3v) is 3.66. The summed E-state index contributed by atoms with van der Waals surface area (Å²) < 4.78 is 5.54. The highest BCUT2D eigenvalue weighted by Gasteiger charge is 2.26. The van der Waals surface area contributed by atoms with Gasteiger partial charge in [0.2, 0.25) is 0 Å². The van der Waals surface area contributed by atoms with Crippen molar-refractivity contribution >= 4 is 0 Å². The van der Waals surface area contributed by atoms with Crippen LogP contribution >= 0.6 is 0 Å². The molecule has 1 atom stereocenters. The number of nitrogens with one attached hydrogen (secondary N) is 1. The van der Waals surface area contributed by atoms with Crippen molar-refractivity contribution in [3.8, 4) is 5.69 Å². The van der Waals surface area contributed by atoms with Crippen LogP contribution < -0.4 is 5.32 Å². The lowest BCUT2D eigenvalue weighted by atomic mass is 9.95. The van der Waals surface area contributed by atoms with E-state index >= 15 is 0 Å². The van der Waals surface area contributed by atoms with Gasteiger partial charge in [-0.2, -0.15) is 15.0 Å². The van der Waals surface area contributed by atoms with E-state index in [0.717, 1.165) is 37.4 Å². The highest BCUT2D eigenvalue weighted by molar-refractivity contribution is 5.28. The lowest BCUT2D eigenvalue weighted by Gasteiger charge is -2.34. The Balaban J connectivity index is 1.63. The van der Waals surface area contributed by atoms with Gasteiger partial charge < -0.3 is 10.1 Å². The third-order valence-electron chi connectivity index (χ3n) is 3.66. The van der Waals surface area contributed by atoms with Gasteiger partial charge in [-0.25, -0.2) is 0 Å². The molecule has 1 unspecified atom stereocenters. The van der Waals surface area contributed by atoms with E-state index in [1.54, 1.807) is 4.80 Å². The molecule has 1 saturated heterocycles. The van der Waals surface area contributed by atoms with Crippen LogP contribution in [0.15, 0.2) is 36.5 Å². The van der Waals surface area contributed by atoms with Gasteiger partial charge in [-0.05, 0) is 31.9 Å². The average Bonchev–Trinajstić information content (AvgIpc) is 2.96. The van der Waals surface area contributed by atoms with Crippen LogP contribution in [0, 0.1) is 0 Å². The van der Waals surface area contributed by atoms with Crippen molar-refractivity contribution in [2.45, 2.75) is 31.8 Å². The van der Waals surface area contributed by atoms with Gasteiger partial charge in [0.05, 0.1) is 24.2 Å². The van der Waals surface area contributed by atoms with Gasteiger partial charge in [0.15, 0.2) is 0 Å². The van der Waals surface area contributed by atoms with Crippen LogP contribution in [0.1, 0.15) is 25.5 Å². The van der Waals surface area contributed by atoms with Gasteiger partial charge >= 0.3 is 0 Å². The molecule has 3 rings (SSSR count). The molecule has 1 aromatic carbocycles. The second kappa shape index (κ2) is 5.73. The summed E-state index contributed by atoms with van der Waals surface area (Å²) in [4.78, 5) is 1.66. The zero-order valence-corrected chi connectivity index (χ0v) is 11.7. The van der Waals surface area contributed by atoms with Crippen molar-refractivity contribution in [1.82, 2.24) is 20.3 Å². The van der Waals surface area contributed by atoms with Crippen LogP contribution in [-0.2, 0) is 11.3 Å². The van der Waals surface area contributed by atoms with Crippen molar-refractivity contribution in [3.63, 3.8) is 0 Å². The summed E-state index contributed by atoms with van der Waals surface area (Å²) in [7, 11) is 0. The molecule has 0 amide bonds. The number of rotatable bonds is 4. The van der Waals surface area contributed by atoms with E-state index in [-0.39, 0.29) is 5.54 Å². The largest absolute Gasteiger partial charge is 0.380 e. The molecular weight excluding hydrogens is 252 g/mol. The Labute approximate surface area is 118 Å². The highest BCUT2D eigenvalue weighted by atomic mass is 16.5. The van der Waals surface area contributed by atoms with Gasteiger partial charge in [0, 0.05) is 18.7 Å². The van der Waals surface area contributed by atoms with Crippen molar-refractivity contribution in [3.05, 3.63) is 42.2 Å². The minimum absolute atomic E-state index is 0.0504. The fourth-order valence-corrected chi connectivity index (χ4v) is 2.44. The van der Waals surface area contributed by atoms with Crippen molar-refractivity contribution < 1.29 is 4.74 Å². The quantitative estimate of drug-likeness (QED) is 0.924. The predicted molar refractivity (Wildman–Crippen MR) is 76.7 cm³/mol. The van der Waals surface area contributed by atoms with E-state index in [0.29, 0.717) is 6.54 Å². The van der Waals surface area contributed by atoms with E-state index in [9.17, 15) is 0 Å². The lowest BCUT2D eigenvalue weighted by molar-refractivity contribution is 0.0276. The van der Waals surface area contributed by atoms with Gasteiger partial charge in [0.1, 0.15) is 0 Å². The number of aromatic nitrogens is 3. The SMILES string of the molecule is CC1(NCc2cnn(-c3ccccc3)n2)CCCOC1. The Morgan fingerprint density at radius 2 is 2.20 bits per heavy atom. The molecule has 1 aliphatic heterocycles. The standard InChI is InChI=1S/C15H20N4O/c1-15(8-5-9-20-12-15)16-10-13-11-17-19(18-13)14-6-3-2-4-7-14/h2-4,6-7,11,16H,5,8-10,12H2,1H3. The van der Waals surface area contributed by atoms with E-state index < -0.39 is 0 Å². The van der Waals surface area contributed by atoms with Gasteiger partial charge in [-0.15, -0.1) is 0 Å². The van der Waals surface area contributed by atoms with Crippen molar-refractivity contribution in [2.75, 3.05) is 13.2 Å². The number of ether oxygens (including phenoxy) is 1. The van der Waals surface area contributed by atoms with E-state index in [2.05, 4.69) is 22.4 Å². The van der Waals surface area contributed by atoms with E-state index in [1.807, 2.05) is 36.5 Å². The summed E-state index contributed by atoms with van der Waals surface area (Å²) in [6, 6.07) is 9.94. The van der Waals surface area contributed by atoms with Crippen LogP contribution in [0.25, 0.3) is 5.69 Å². The van der Waals surface area contributed by atoms with Crippen molar-refractivity contribution in [1.29, 1.82) is 0 Å². The molecule has 5 nitrogen and oxygen atoms in total. The Morgan fingerprint density at radius 3 is 2.95 bits per heavy atom. The summed E-state index contributed by atoms with van der Waals surface area (Å²) in [5.74, 6) is 0. The minimum Gasteiger partial charge on any atom is -0.380 e. The number of benzene rings is 1. The number of hydrogen-bond acceptors (Lipinski definition) is 4. The molecule has 1 aliphatic rings. The summed E-state index contributed by atoms with van der Waals surface area (Å²) in [6.07, 6.45) is 4.06. The average molecular weight is 272 g/mol. The summed E-state index contributed by atoms with van der Waals surface area (Å²) in [5.41, 5.74) is 1.97. The van der Waals surface area contributed by atoms with Crippen LogP contribution in [0.2, 0.25) is 0 Å². The second-order valence-electron chi connectivity index (χ2n) is 5.53. The molecular formula is C15H20N4O.